The van der Waals surface area contributed by atoms with E-state index < -0.39 is 6.10 Å². The van der Waals surface area contributed by atoms with E-state index in [-0.39, 0.29) is 31.1 Å². The van der Waals surface area contributed by atoms with E-state index in [1.54, 1.807) is 0 Å². The molecule has 0 saturated heterocycles. The van der Waals surface area contributed by atoms with Crippen LogP contribution in [0.3, 0.4) is 0 Å². The van der Waals surface area contributed by atoms with Crippen LogP contribution in [0, 0.1) is 0 Å². The highest BCUT2D eigenvalue weighted by Gasteiger charge is 2.19. The summed E-state index contributed by atoms with van der Waals surface area (Å²) in [4.78, 5) is 38.3. The molecule has 0 N–H and O–H groups in total. The molecule has 6 heteroatoms. The molecule has 0 amide bonds. The lowest BCUT2D eigenvalue weighted by molar-refractivity contribution is -0.167. The zero-order valence-electron chi connectivity index (χ0n) is 52.9. The monoisotopic (exact) mass is 1110 g/mol. The van der Waals surface area contributed by atoms with Crippen molar-refractivity contribution < 1.29 is 28.6 Å². The van der Waals surface area contributed by atoms with Gasteiger partial charge in [-0.15, -0.1) is 0 Å². The summed E-state index contributed by atoms with van der Waals surface area (Å²) in [5, 5.41) is 0. The maximum absolute atomic E-state index is 12.9. The van der Waals surface area contributed by atoms with Gasteiger partial charge in [0, 0.05) is 19.3 Å². The van der Waals surface area contributed by atoms with Crippen molar-refractivity contribution in [3.8, 4) is 0 Å². The molecule has 0 aliphatic carbocycles. The summed E-state index contributed by atoms with van der Waals surface area (Å²) < 4.78 is 16.9. The van der Waals surface area contributed by atoms with Gasteiger partial charge in [-0.05, 0) is 83.5 Å². The van der Waals surface area contributed by atoms with Crippen LogP contribution in [0.5, 0.6) is 0 Å². The minimum Gasteiger partial charge on any atom is -0.462 e. The van der Waals surface area contributed by atoms with Gasteiger partial charge in [0.05, 0.1) is 0 Å². The maximum atomic E-state index is 12.9. The topological polar surface area (TPSA) is 78.9 Å². The van der Waals surface area contributed by atoms with E-state index in [0.717, 1.165) is 103 Å². The highest BCUT2D eigenvalue weighted by atomic mass is 16.6. The number of hydrogen-bond acceptors (Lipinski definition) is 6. The van der Waals surface area contributed by atoms with Gasteiger partial charge in [0.2, 0.25) is 0 Å². The first kappa shape index (κ1) is 76.1. The lowest BCUT2D eigenvalue weighted by Crippen LogP contribution is -2.30. The summed E-state index contributed by atoms with van der Waals surface area (Å²) in [7, 11) is 0. The third-order valence-corrected chi connectivity index (χ3v) is 15.5. The Morgan fingerprint density at radius 2 is 0.494 bits per heavy atom. The largest absolute Gasteiger partial charge is 0.462 e. The molecule has 0 aliphatic rings. The van der Waals surface area contributed by atoms with Gasteiger partial charge in [0.15, 0.2) is 6.10 Å². The van der Waals surface area contributed by atoms with Crippen LogP contribution in [0.4, 0.5) is 0 Å². The number of ether oxygens (including phenoxy) is 3. The summed E-state index contributed by atoms with van der Waals surface area (Å²) in [6, 6.07) is 0. The lowest BCUT2D eigenvalue weighted by atomic mass is 10.0. The first-order chi connectivity index (χ1) is 39.0. The smallest absolute Gasteiger partial charge is 0.306 e. The second-order valence-corrected chi connectivity index (χ2v) is 23.4. The highest BCUT2D eigenvalue weighted by Crippen LogP contribution is 2.18. The Morgan fingerprint density at radius 3 is 0.810 bits per heavy atom. The predicted molar refractivity (Wildman–Crippen MR) is 344 cm³/mol. The van der Waals surface area contributed by atoms with Gasteiger partial charge in [-0.2, -0.15) is 0 Å². The molecule has 0 rings (SSSR count). The molecule has 0 saturated carbocycles. The molecule has 0 radical (unpaired) electrons. The van der Waals surface area contributed by atoms with E-state index >= 15 is 0 Å². The molecule has 79 heavy (non-hydrogen) atoms. The molecule has 0 aliphatic heterocycles. The van der Waals surface area contributed by atoms with E-state index in [2.05, 4.69) is 81.5 Å². The molecule has 0 heterocycles. The van der Waals surface area contributed by atoms with Gasteiger partial charge in [-0.1, -0.05) is 326 Å². The summed E-state index contributed by atoms with van der Waals surface area (Å²) in [5.74, 6) is -0.884. The van der Waals surface area contributed by atoms with Gasteiger partial charge >= 0.3 is 17.9 Å². The number of allylic oxidation sites excluding steroid dienone is 10. The van der Waals surface area contributed by atoms with Crippen LogP contribution in [-0.4, -0.2) is 37.2 Å². The quantitative estimate of drug-likeness (QED) is 0.0261. The van der Waals surface area contributed by atoms with E-state index in [1.807, 2.05) is 0 Å². The maximum Gasteiger partial charge on any atom is 0.306 e. The van der Waals surface area contributed by atoms with Crippen LogP contribution >= 0.6 is 0 Å². The Morgan fingerprint density at radius 1 is 0.266 bits per heavy atom. The van der Waals surface area contributed by atoms with Crippen molar-refractivity contribution in [2.75, 3.05) is 13.2 Å². The number of hydrogen-bond donors (Lipinski definition) is 0. The molecule has 0 spiro atoms. The number of carbonyl (C=O) groups is 3. The van der Waals surface area contributed by atoms with Crippen molar-refractivity contribution in [2.24, 2.45) is 0 Å². The third kappa shape index (κ3) is 65.8. The van der Waals surface area contributed by atoms with Crippen LogP contribution < -0.4 is 0 Å². The minimum absolute atomic E-state index is 0.0796. The zero-order valence-corrected chi connectivity index (χ0v) is 52.9. The molecule has 0 aromatic rings. The molecule has 0 aromatic carbocycles. The number of unbranched alkanes of at least 4 members (excludes halogenated alkanes) is 43. The fourth-order valence-corrected chi connectivity index (χ4v) is 10.3. The molecular formula is C73H132O6. The van der Waals surface area contributed by atoms with Crippen LogP contribution in [0.1, 0.15) is 367 Å². The molecular weight excluding hydrogens is 973 g/mol. The Balaban J connectivity index is 4.17. The normalized spacial score (nSPS) is 12.4. The Bertz CT molecular complexity index is 1410. The van der Waals surface area contributed by atoms with Gasteiger partial charge in [0.1, 0.15) is 13.2 Å². The molecule has 1 atom stereocenters. The number of carbonyl (C=O) groups excluding carboxylic acids is 3. The predicted octanol–water partition coefficient (Wildman–Crippen LogP) is 23.9. The molecule has 6 nitrogen and oxygen atoms in total. The van der Waals surface area contributed by atoms with Gasteiger partial charge < -0.3 is 14.2 Å². The van der Waals surface area contributed by atoms with Gasteiger partial charge in [-0.25, -0.2) is 0 Å². The second kappa shape index (κ2) is 67.6. The average Bonchev–Trinajstić information content (AvgIpc) is 3.45. The van der Waals surface area contributed by atoms with Gasteiger partial charge in [-0.3, -0.25) is 14.4 Å². The molecule has 0 fully saturated rings. The SMILES string of the molecule is CC/C=C\C/C=C\C/C=C\C/C=C\CCCCCCCCC(=O)OC(COC(=O)CCCCCCC/C=C\CCCCC)COC(=O)CCCCCCCCCCCCCCCCCCCCCCCCCCCCCCCC. The zero-order chi connectivity index (χ0) is 57.1. The van der Waals surface area contributed by atoms with Crippen molar-refractivity contribution in [3.63, 3.8) is 0 Å². The molecule has 460 valence electrons. The third-order valence-electron chi connectivity index (χ3n) is 15.5. The highest BCUT2D eigenvalue weighted by molar-refractivity contribution is 5.71. The summed E-state index contributed by atoms with van der Waals surface area (Å²) in [6.45, 7) is 6.54. The van der Waals surface area contributed by atoms with E-state index in [4.69, 9.17) is 14.2 Å². The molecule has 0 bridgehead atoms. The summed E-state index contributed by atoms with van der Waals surface area (Å²) in [5.41, 5.74) is 0. The van der Waals surface area contributed by atoms with Crippen molar-refractivity contribution in [1.82, 2.24) is 0 Å². The number of esters is 3. The fourth-order valence-electron chi connectivity index (χ4n) is 10.3. The van der Waals surface area contributed by atoms with E-state index in [1.165, 1.54) is 225 Å². The summed E-state index contributed by atoms with van der Waals surface area (Å²) in [6.07, 6.45) is 86.9. The van der Waals surface area contributed by atoms with Crippen molar-refractivity contribution in [1.29, 1.82) is 0 Å². The Kier molecular flexibility index (Phi) is 65.1. The van der Waals surface area contributed by atoms with E-state index in [9.17, 15) is 14.4 Å². The van der Waals surface area contributed by atoms with E-state index in [0.29, 0.717) is 19.3 Å². The first-order valence-corrected chi connectivity index (χ1v) is 34.8. The van der Waals surface area contributed by atoms with Crippen molar-refractivity contribution in [3.05, 3.63) is 60.8 Å². The minimum atomic E-state index is -0.785. The van der Waals surface area contributed by atoms with Crippen LogP contribution in [0.15, 0.2) is 60.8 Å². The van der Waals surface area contributed by atoms with Crippen LogP contribution in [-0.2, 0) is 28.6 Å². The fraction of sp³-hybridized carbons (Fsp3) is 0.822. The number of rotatable bonds is 64. The lowest BCUT2D eigenvalue weighted by Gasteiger charge is -2.18. The first-order valence-electron chi connectivity index (χ1n) is 34.8. The van der Waals surface area contributed by atoms with Crippen molar-refractivity contribution in [2.45, 2.75) is 374 Å². The van der Waals surface area contributed by atoms with Crippen LogP contribution in [0.2, 0.25) is 0 Å². The second-order valence-electron chi connectivity index (χ2n) is 23.4. The molecule has 0 aromatic heterocycles. The average molecular weight is 1110 g/mol. The van der Waals surface area contributed by atoms with Crippen molar-refractivity contribution >= 4 is 17.9 Å². The van der Waals surface area contributed by atoms with Crippen LogP contribution in [0.25, 0.3) is 0 Å². The van der Waals surface area contributed by atoms with Gasteiger partial charge in [0.25, 0.3) is 0 Å². The summed E-state index contributed by atoms with van der Waals surface area (Å²) >= 11 is 0. The Hall–Kier alpha value is -2.89. The Labute approximate surface area is 491 Å². The molecule has 1 unspecified atom stereocenters. The standard InChI is InChI=1S/C73H132O6/c1-4-7-10-13-16-19-22-25-27-29-31-32-33-34-35-36-37-38-39-40-41-43-44-46-48-51-54-57-60-63-66-72(75)78-69-70(68-77-71(74)65-62-59-56-53-50-24-21-18-15-12-9-6-3)79-73(76)67-64-61-58-55-52-49-47-45-42-30-28-26-23-20-17-14-11-8-5-2/h8,11,17-18,20-21,26,28,42,45,70H,4-7,9-10,12-16,19,22-25,27,29-41,43-44,46-69H2,1-3H3/b11-8-,20-17-,21-18-,28-26-,45-42-.